The van der Waals surface area contributed by atoms with Crippen molar-refractivity contribution in [3.63, 3.8) is 0 Å². The molecule has 0 aliphatic carbocycles. The van der Waals surface area contributed by atoms with Crippen LogP contribution >= 0.6 is 0 Å². The van der Waals surface area contributed by atoms with Gasteiger partial charge in [-0.3, -0.25) is 9.78 Å². The number of amides is 1. The van der Waals surface area contributed by atoms with Crippen LogP contribution < -0.4 is 5.69 Å². The number of aromatic amines is 2. The first-order valence-corrected chi connectivity index (χ1v) is 11.0. The SMILES string of the molecule is Cc1ccc2nc(C3(c4ccccc4)CCN(C(=O)CCc4n[nH]c(=O)[nH]4)CC3)cn2c1. The van der Waals surface area contributed by atoms with Crippen LogP contribution in [0.25, 0.3) is 5.65 Å². The number of hydrogen-bond donors (Lipinski definition) is 2. The van der Waals surface area contributed by atoms with Gasteiger partial charge in [-0.05, 0) is 37.0 Å². The average Bonchev–Trinajstić information content (AvgIpc) is 3.44. The molecule has 0 spiro atoms. The molecular weight excluding hydrogens is 404 g/mol. The fourth-order valence-corrected chi connectivity index (χ4v) is 4.73. The van der Waals surface area contributed by atoms with Gasteiger partial charge >= 0.3 is 5.69 Å². The fourth-order valence-electron chi connectivity index (χ4n) is 4.73. The highest BCUT2D eigenvalue weighted by Crippen LogP contribution is 2.41. The number of imidazole rings is 1. The highest BCUT2D eigenvalue weighted by Gasteiger charge is 2.40. The number of rotatable bonds is 5. The van der Waals surface area contributed by atoms with Crippen molar-refractivity contribution in [2.24, 2.45) is 0 Å². The van der Waals surface area contributed by atoms with E-state index in [1.54, 1.807) is 0 Å². The van der Waals surface area contributed by atoms with Crippen molar-refractivity contribution in [3.8, 4) is 0 Å². The minimum absolute atomic E-state index is 0.0844. The second kappa shape index (κ2) is 8.11. The zero-order chi connectivity index (χ0) is 22.1. The Bertz CT molecular complexity index is 1290. The Morgan fingerprint density at radius 1 is 1.09 bits per heavy atom. The number of H-pyrrole nitrogens is 2. The van der Waals surface area contributed by atoms with E-state index in [0.29, 0.717) is 31.8 Å². The molecular formula is C24H26N6O2. The van der Waals surface area contributed by atoms with Crippen LogP contribution in [0.5, 0.6) is 0 Å². The number of piperidine rings is 1. The maximum atomic E-state index is 12.8. The van der Waals surface area contributed by atoms with E-state index in [0.717, 1.165) is 24.2 Å². The lowest BCUT2D eigenvalue weighted by Gasteiger charge is -2.41. The minimum Gasteiger partial charge on any atom is -0.343 e. The third kappa shape index (κ3) is 3.72. The number of carbonyl (C=O) groups excluding carboxylic acids is 1. The van der Waals surface area contributed by atoms with Crippen molar-refractivity contribution in [2.45, 2.75) is 38.0 Å². The van der Waals surface area contributed by atoms with E-state index >= 15 is 0 Å². The van der Waals surface area contributed by atoms with Crippen molar-refractivity contribution in [3.05, 3.63) is 88.0 Å². The van der Waals surface area contributed by atoms with Crippen LogP contribution in [0.15, 0.2) is 59.7 Å². The molecule has 3 aromatic heterocycles. The number of aryl methyl sites for hydroxylation is 2. The maximum absolute atomic E-state index is 12.8. The number of benzene rings is 1. The number of carbonyl (C=O) groups is 1. The number of pyridine rings is 1. The molecule has 0 radical (unpaired) electrons. The van der Waals surface area contributed by atoms with Crippen LogP contribution in [-0.2, 0) is 16.6 Å². The van der Waals surface area contributed by atoms with Crippen molar-refractivity contribution in [2.75, 3.05) is 13.1 Å². The normalized spacial score (nSPS) is 15.8. The van der Waals surface area contributed by atoms with Crippen LogP contribution in [0.1, 0.15) is 41.9 Å². The van der Waals surface area contributed by atoms with Crippen molar-refractivity contribution >= 4 is 11.6 Å². The third-order valence-electron chi connectivity index (χ3n) is 6.51. The lowest BCUT2D eigenvalue weighted by atomic mass is 9.70. The van der Waals surface area contributed by atoms with Crippen molar-refractivity contribution in [1.29, 1.82) is 0 Å². The third-order valence-corrected chi connectivity index (χ3v) is 6.51. The van der Waals surface area contributed by atoms with Crippen molar-refractivity contribution in [1.82, 2.24) is 29.5 Å². The summed E-state index contributed by atoms with van der Waals surface area (Å²) in [6.07, 6.45) is 6.61. The van der Waals surface area contributed by atoms with E-state index in [1.807, 2.05) is 11.0 Å². The zero-order valence-corrected chi connectivity index (χ0v) is 18.0. The van der Waals surface area contributed by atoms with Gasteiger partial charge in [0.15, 0.2) is 0 Å². The number of likely N-dealkylation sites (tertiary alicyclic amines) is 1. The van der Waals surface area contributed by atoms with Gasteiger partial charge in [0.1, 0.15) is 11.5 Å². The monoisotopic (exact) mass is 430 g/mol. The molecule has 1 amide bonds. The summed E-state index contributed by atoms with van der Waals surface area (Å²) >= 11 is 0. The lowest BCUT2D eigenvalue weighted by molar-refractivity contribution is -0.132. The van der Waals surface area contributed by atoms with Gasteiger partial charge in [-0.25, -0.2) is 14.9 Å². The van der Waals surface area contributed by atoms with E-state index in [-0.39, 0.29) is 17.0 Å². The number of hydrogen-bond acceptors (Lipinski definition) is 4. The second-order valence-corrected chi connectivity index (χ2v) is 8.55. The van der Waals surface area contributed by atoms with Gasteiger partial charge < -0.3 is 9.30 Å². The Balaban J connectivity index is 1.38. The summed E-state index contributed by atoms with van der Waals surface area (Å²) in [6.45, 7) is 3.41. The standard InChI is InChI=1S/C24H26N6O2/c1-17-7-9-21-25-19(16-30(21)15-17)24(18-5-3-2-4-6-18)11-13-29(14-12-24)22(31)10-8-20-26-23(32)28-27-20/h2-7,9,15-16H,8,10-14H2,1H3,(H2,26,27,28,32). The molecule has 5 rings (SSSR count). The summed E-state index contributed by atoms with van der Waals surface area (Å²) < 4.78 is 2.09. The van der Waals surface area contributed by atoms with Crippen LogP contribution in [0.2, 0.25) is 0 Å². The van der Waals surface area contributed by atoms with Crippen LogP contribution in [-0.4, -0.2) is 48.5 Å². The number of nitrogens with zero attached hydrogens (tertiary/aromatic N) is 4. The van der Waals surface area contributed by atoms with Crippen LogP contribution in [0.3, 0.4) is 0 Å². The molecule has 1 aliphatic heterocycles. The molecule has 4 aromatic rings. The molecule has 0 atom stereocenters. The molecule has 8 heteroatoms. The van der Waals surface area contributed by atoms with E-state index in [9.17, 15) is 9.59 Å². The Labute approximate surface area is 185 Å². The molecule has 0 bridgehead atoms. The molecule has 0 unspecified atom stereocenters. The molecule has 4 heterocycles. The highest BCUT2D eigenvalue weighted by molar-refractivity contribution is 5.76. The zero-order valence-electron chi connectivity index (χ0n) is 18.0. The first-order chi connectivity index (χ1) is 15.5. The first kappa shape index (κ1) is 20.2. The maximum Gasteiger partial charge on any atom is 0.340 e. The highest BCUT2D eigenvalue weighted by atomic mass is 16.2. The first-order valence-electron chi connectivity index (χ1n) is 11.0. The van der Waals surface area contributed by atoms with Gasteiger partial charge in [0.25, 0.3) is 0 Å². The van der Waals surface area contributed by atoms with Crippen LogP contribution in [0, 0.1) is 6.92 Å². The predicted molar refractivity (Wildman–Crippen MR) is 120 cm³/mol. The van der Waals surface area contributed by atoms with Gasteiger partial charge in [-0.2, -0.15) is 5.10 Å². The van der Waals surface area contributed by atoms with E-state index < -0.39 is 0 Å². The summed E-state index contributed by atoms with van der Waals surface area (Å²) in [5.41, 5.74) is 3.84. The fraction of sp³-hybridized carbons (Fsp3) is 0.333. The quantitative estimate of drug-likeness (QED) is 0.508. The molecule has 2 N–H and O–H groups in total. The Hall–Kier alpha value is -3.68. The molecule has 1 saturated heterocycles. The average molecular weight is 431 g/mol. The number of aromatic nitrogens is 5. The molecule has 8 nitrogen and oxygen atoms in total. The molecule has 1 fully saturated rings. The largest absolute Gasteiger partial charge is 0.343 e. The number of fused-ring (bicyclic) bond motifs is 1. The van der Waals surface area contributed by atoms with Gasteiger partial charge in [-0.15, -0.1) is 0 Å². The summed E-state index contributed by atoms with van der Waals surface area (Å²) in [5.74, 6) is 0.597. The van der Waals surface area contributed by atoms with Gasteiger partial charge in [0, 0.05) is 43.7 Å². The van der Waals surface area contributed by atoms with Crippen LogP contribution in [0.4, 0.5) is 0 Å². The topological polar surface area (TPSA) is 99.2 Å². The van der Waals surface area contributed by atoms with Crippen molar-refractivity contribution < 1.29 is 4.79 Å². The van der Waals surface area contributed by atoms with Gasteiger partial charge in [-0.1, -0.05) is 36.4 Å². The second-order valence-electron chi connectivity index (χ2n) is 8.55. The Morgan fingerprint density at radius 3 is 2.59 bits per heavy atom. The molecule has 1 aromatic carbocycles. The number of nitrogens with one attached hydrogen (secondary N) is 2. The Kier molecular flexibility index (Phi) is 5.13. The molecule has 32 heavy (non-hydrogen) atoms. The van der Waals surface area contributed by atoms with E-state index in [1.165, 1.54) is 11.1 Å². The molecule has 164 valence electrons. The molecule has 0 saturated carbocycles. The Morgan fingerprint density at radius 2 is 1.88 bits per heavy atom. The molecule has 1 aliphatic rings. The van der Waals surface area contributed by atoms with E-state index in [2.05, 4.69) is 75.3 Å². The minimum atomic E-state index is -0.347. The summed E-state index contributed by atoms with van der Waals surface area (Å²) in [4.78, 5) is 33.5. The van der Waals surface area contributed by atoms with Gasteiger partial charge in [0.05, 0.1) is 5.69 Å². The summed E-state index contributed by atoms with van der Waals surface area (Å²) in [6, 6.07) is 14.6. The smallest absolute Gasteiger partial charge is 0.340 e. The lowest BCUT2D eigenvalue weighted by Crippen LogP contribution is -2.46. The predicted octanol–water partition coefficient (Wildman–Crippen LogP) is 2.60. The summed E-state index contributed by atoms with van der Waals surface area (Å²) in [5, 5.41) is 6.23. The van der Waals surface area contributed by atoms with E-state index in [4.69, 9.17) is 4.98 Å². The summed E-state index contributed by atoms with van der Waals surface area (Å²) in [7, 11) is 0. The van der Waals surface area contributed by atoms with Gasteiger partial charge in [0.2, 0.25) is 5.91 Å².